The van der Waals surface area contributed by atoms with Gasteiger partial charge in [-0.05, 0) is 67.1 Å². The fourth-order valence-electron chi connectivity index (χ4n) is 5.49. The first kappa shape index (κ1) is 32.2. The SMILES string of the molecule is Cc1c[c-]c(-c2cc(C)c(C)cn2)cc1.Cc1cc2ccc3c4cc[c-]c(-c5cc(CC(C)(C)C)ccn5)c4oc3c2cn1.[Ir]. The van der Waals surface area contributed by atoms with Crippen LogP contribution in [0.3, 0.4) is 0 Å². The molecule has 0 unspecified atom stereocenters. The van der Waals surface area contributed by atoms with Gasteiger partial charge in [-0.2, -0.15) is 0 Å². The molecule has 0 atom stereocenters. The van der Waals surface area contributed by atoms with Crippen molar-refractivity contribution >= 4 is 32.7 Å². The number of fused-ring (bicyclic) bond motifs is 5. The molecule has 229 valence electrons. The zero-order chi connectivity index (χ0) is 31.0. The molecule has 4 nitrogen and oxygen atoms in total. The molecule has 0 spiro atoms. The Bertz CT molecular complexity index is 2120. The van der Waals surface area contributed by atoms with Gasteiger partial charge in [-0.15, -0.1) is 53.6 Å². The van der Waals surface area contributed by atoms with Crippen molar-refractivity contribution in [2.45, 2.75) is 54.9 Å². The first-order chi connectivity index (χ1) is 21.1. The van der Waals surface area contributed by atoms with Gasteiger partial charge in [-0.25, -0.2) is 0 Å². The molecule has 0 saturated carbocycles. The molecule has 0 N–H and O–H groups in total. The normalized spacial score (nSPS) is 11.4. The van der Waals surface area contributed by atoms with Crippen LogP contribution in [0.2, 0.25) is 0 Å². The third kappa shape index (κ3) is 7.06. The van der Waals surface area contributed by atoms with E-state index < -0.39 is 0 Å². The van der Waals surface area contributed by atoms with Crippen LogP contribution in [0.25, 0.3) is 55.2 Å². The van der Waals surface area contributed by atoms with E-state index in [4.69, 9.17) is 4.42 Å². The first-order valence-corrected chi connectivity index (χ1v) is 15.1. The minimum atomic E-state index is 0. The quantitative estimate of drug-likeness (QED) is 0.168. The summed E-state index contributed by atoms with van der Waals surface area (Å²) in [5.41, 5.74) is 11.8. The molecule has 0 aliphatic rings. The van der Waals surface area contributed by atoms with Crippen molar-refractivity contribution in [2.24, 2.45) is 5.41 Å². The zero-order valence-electron chi connectivity index (χ0n) is 26.9. The number of hydrogen-bond acceptors (Lipinski definition) is 4. The molecule has 5 heteroatoms. The van der Waals surface area contributed by atoms with E-state index in [0.29, 0.717) is 0 Å². The van der Waals surface area contributed by atoms with E-state index in [0.717, 1.165) is 67.3 Å². The summed E-state index contributed by atoms with van der Waals surface area (Å²) in [4.78, 5) is 13.5. The van der Waals surface area contributed by atoms with Crippen LogP contribution < -0.4 is 0 Å². The van der Waals surface area contributed by atoms with Crippen LogP contribution in [0.15, 0.2) is 89.7 Å². The van der Waals surface area contributed by atoms with Crippen LogP contribution in [-0.4, -0.2) is 15.0 Å². The fraction of sp³-hybridized carbons (Fsp3) is 0.225. The minimum Gasteiger partial charge on any atom is -0.500 e. The molecule has 45 heavy (non-hydrogen) atoms. The van der Waals surface area contributed by atoms with E-state index in [1.807, 2.05) is 37.6 Å². The number of benzene rings is 3. The Labute approximate surface area is 279 Å². The van der Waals surface area contributed by atoms with E-state index in [9.17, 15) is 0 Å². The zero-order valence-corrected chi connectivity index (χ0v) is 29.3. The molecule has 0 aliphatic carbocycles. The van der Waals surface area contributed by atoms with Gasteiger partial charge in [0.2, 0.25) is 0 Å². The van der Waals surface area contributed by atoms with Gasteiger partial charge in [0.05, 0.1) is 5.58 Å². The average Bonchev–Trinajstić information content (AvgIpc) is 3.38. The van der Waals surface area contributed by atoms with E-state index in [1.54, 1.807) is 0 Å². The van der Waals surface area contributed by atoms with Gasteiger partial charge in [-0.1, -0.05) is 74.0 Å². The Morgan fingerprint density at radius 3 is 2.24 bits per heavy atom. The maximum atomic E-state index is 6.42. The predicted octanol–water partition coefficient (Wildman–Crippen LogP) is 10.4. The molecule has 0 amide bonds. The third-order valence-electron chi connectivity index (χ3n) is 7.87. The van der Waals surface area contributed by atoms with Gasteiger partial charge in [0.15, 0.2) is 0 Å². The summed E-state index contributed by atoms with van der Waals surface area (Å²) in [5.74, 6) is 0. The second-order valence-corrected chi connectivity index (χ2v) is 12.9. The van der Waals surface area contributed by atoms with Crippen molar-refractivity contribution in [1.29, 1.82) is 0 Å². The van der Waals surface area contributed by atoms with Gasteiger partial charge < -0.3 is 14.4 Å². The topological polar surface area (TPSA) is 51.8 Å². The summed E-state index contributed by atoms with van der Waals surface area (Å²) in [6.07, 6.45) is 6.70. The Morgan fingerprint density at radius 1 is 0.711 bits per heavy atom. The van der Waals surface area contributed by atoms with Gasteiger partial charge >= 0.3 is 0 Å². The first-order valence-electron chi connectivity index (χ1n) is 15.1. The van der Waals surface area contributed by atoms with Crippen LogP contribution in [0.1, 0.15) is 48.7 Å². The van der Waals surface area contributed by atoms with E-state index in [-0.39, 0.29) is 25.5 Å². The molecule has 4 aromatic heterocycles. The van der Waals surface area contributed by atoms with Crippen molar-refractivity contribution in [3.63, 3.8) is 0 Å². The molecule has 4 heterocycles. The molecule has 0 aliphatic heterocycles. The molecular formula is C40H37IrN3O-2. The smallest absolute Gasteiger partial charge is 0.130 e. The maximum absolute atomic E-state index is 6.42. The third-order valence-corrected chi connectivity index (χ3v) is 7.87. The van der Waals surface area contributed by atoms with Crippen molar-refractivity contribution in [3.8, 4) is 22.5 Å². The van der Waals surface area contributed by atoms with Gasteiger partial charge in [0.1, 0.15) is 5.58 Å². The summed E-state index contributed by atoms with van der Waals surface area (Å²) in [6.45, 7) is 15.0. The van der Waals surface area contributed by atoms with Gasteiger partial charge in [-0.3, -0.25) is 4.98 Å². The Morgan fingerprint density at radius 2 is 1.51 bits per heavy atom. The average molecular weight is 768 g/mol. The van der Waals surface area contributed by atoms with Crippen LogP contribution in [0, 0.1) is 45.2 Å². The summed E-state index contributed by atoms with van der Waals surface area (Å²) in [6, 6.07) is 29.5. The monoisotopic (exact) mass is 768 g/mol. The molecule has 0 fully saturated rings. The number of pyridine rings is 3. The maximum Gasteiger partial charge on any atom is 0.130 e. The van der Waals surface area contributed by atoms with Crippen LogP contribution in [-0.2, 0) is 26.5 Å². The minimum absolute atomic E-state index is 0. The summed E-state index contributed by atoms with van der Waals surface area (Å²) in [7, 11) is 0. The van der Waals surface area contributed by atoms with Crippen LogP contribution >= 0.6 is 0 Å². The second-order valence-electron chi connectivity index (χ2n) is 12.9. The summed E-state index contributed by atoms with van der Waals surface area (Å²) in [5, 5.41) is 4.35. The molecule has 0 saturated heterocycles. The number of aryl methyl sites for hydroxylation is 4. The number of nitrogens with zero attached hydrogens (tertiary/aromatic N) is 3. The fourth-order valence-corrected chi connectivity index (χ4v) is 5.49. The Balaban J connectivity index is 0.000000212. The van der Waals surface area contributed by atoms with Crippen molar-refractivity contribution in [1.82, 2.24) is 15.0 Å². The second kappa shape index (κ2) is 13.0. The number of hydrogen-bond donors (Lipinski definition) is 0. The van der Waals surface area contributed by atoms with E-state index in [1.165, 1.54) is 22.3 Å². The standard InChI is InChI=1S/C26H23N2O.C14H14N.Ir/c1-16-12-18-8-9-20-19-6-5-7-21(24(19)29-25(20)22(18)15-28-16)23-13-17(10-11-27-23)14-26(2,3)4;1-10-4-6-13(7-5-10)14-8-11(2)12(3)9-15-14;/h5-6,8-13,15H,14H2,1-4H3;4-6,8-9H,1-3H3;/q2*-1;. The molecular weight excluding hydrogens is 731 g/mol. The van der Waals surface area contributed by atoms with Gasteiger partial charge in [0, 0.05) is 55.2 Å². The van der Waals surface area contributed by atoms with Gasteiger partial charge in [0.25, 0.3) is 0 Å². The largest absolute Gasteiger partial charge is 0.500 e. The number of aromatic nitrogens is 3. The molecule has 7 rings (SSSR count). The molecule has 7 aromatic rings. The van der Waals surface area contributed by atoms with E-state index in [2.05, 4.69) is 123 Å². The summed E-state index contributed by atoms with van der Waals surface area (Å²) < 4.78 is 6.42. The molecule has 3 aromatic carbocycles. The number of furan rings is 1. The Kier molecular flexibility index (Phi) is 9.34. The summed E-state index contributed by atoms with van der Waals surface area (Å²) >= 11 is 0. The Hall–Kier alpha value is -4.18. The predicted molar refractivity (Wildman–Crippen MR) is 182 cm³/mol. The van der Waals surface area contributed by atoms with Crippen molar-refractivity contribution < 1.29 is 24.5 Å². The van der Waals surface area contributed by atoms with Crippen LogP contribution in [0.5, 0.6) is 0 Å². The van der Waals surface area contributed by atoms with Crippen LogP contribution in [0.4, 0.5) is 0 Å². The molecule has 1 radical (unpaired) electrons. The van der Waals surface area contributed by atoms with Crippen molar-refractivity contribution in [3.05, 3.63) is 125 Å². The molecule has 0 bridgehead atoms. The number of rotatable bonds is 3. The van der Waals surface area contributed by atoms with Crippen molar-refractivity contribution in [2.75, 3.05) is 0 Å². The van der Waals surface area contributed by atoms with E-state index >= 15 is 0 Å².